The van der Waals surface area contributed by atoms with E-state index in [-0.39, 0.29) is 6.10 Å². The highest BCUT2D eigenvalue weighted by Gasteiger charge is 2.29. The zero-order chi connectivity index (χ0) is 8.48. The van der Waals surface area contributed by atoms with Gasteiger partial charge in [-0.3, -0.25) is 0 Å². The summed E-state index contributed by atoms with van der Waals surface area (Å²) in [6.45, 7) is 7.84. The van der Waals surface area contributed by atoms with Crippen LogP contribution in [-0.2, 0) is 4.74 Å². The second-order valence-electron chi connectivity index (χ2n) is 4.63. The Morgan fingerprint density at radius 1 is 1.36 bits per heavy atom. The zero-order valence-corrected chi connectivity index (χ0v) is 7.63. The fourth-order valence-electron chi connectivity index (χ4n) is 1.57. The first kappa shape index (κ1) is 9.01. The minimum atomic E-state index is -0.228. The summed E-state index contributed by atoms with van der Waals surface area (Å²) in [5.74, 6) is 0.356. The minimum Gasteiger partial charge on any atom is -0.390 e. The van der Waals surface area contributed by atoms with Crippen LogP contribution in [0.1, 0.15) is 27.2 Å². The normalized spacial score (nSPS) is 32.7. The highest BCUT2D eigenvalue weighted by atomic mass is 16.5. The van der Waals surface area contributed by atoms with Gasteiger partial charge in [-0.1, -0.05) is 20.8 Å². The molecule has 11 heavy (non-hydrogen) atoms. The van der Waals surface area contributed by atoms with Crippen LogP contribution in [0.3, 0.4) is 0 Å². The van der Waals surface area contributed by atoms with Gasteiger partial charge in [0.1, 0.15) is 0 Å². The van der Waals surface area contributed by atoms with Crippen molar-refractivity contribution in [2.45, 2.75) is 33.3 Å². The van der Waals surface area contributed by atoms with E-state index in [1.54, 1.807) is 0 Å². The number of hydrogen-bond acceptors (Lipinski definition) is 2. The third-order valence-electron chi connectivity index (χ3n) is 2.04. The van der Waals surface area contributed by atoms with E-state index in [0.717, 1.165) is 13.0 Å². The highest BCUT2D eigenvalue weighted by molar-refractivity contribution is 4.78. The molecular weight excluding hydrogens is 140 g/mol. The maximum Gasteiger partial charge on any atom is 0.0823 e. The maximum absolute atomic E-state index is 9.43. The van der Waals surface area contributed by atoms with Gasteiger partial charge in [-0.05, 0) is 11.8 Å². The molecule has 0 aromatic carbocycles. The molecular formula is C9H18O2. The third kappa shape index (κ3) is 2.80. The third-order valence-corrected chi connectivity index (χ3v) is 2.04. The molecule has 2 atom stereocenters. The summed E-state index contributed by atoms with van der Waals surface area (Å²) in [6.07, 6.45) is 0.822. The summed E-state index contributed by atoms with van der Waals surface area (Å²) in [7, 11) is 0. The van der Waals surface area contributed by atoms with Crippen LogP contribution < -0.4 is 0 Å². The van der Waals surface area contributed by atoms with Gasteiger partial charge >= 0.3 is 0 Å². The number of rotatable bonds is 1. The first-order valence-electron chi connectivity index (χ1n) is 4.25. The molecule has 0 aliphatic carbocycles. The van der Waals surface area contributed by atoms with Crippen molar-refractivity contribution in [3.63, 3.8) is 0 Å². The van der Waals surface area contributed by atoms with Crippen molar-refractivity contribution in [1.29, 1.82) is 0 Å². The maximum atomic E-state index is 9.43. The minimum absolute atomic E-state index is 0.228. The van der Waals surface area contributed by atoms with Crippen molar-refractivity contribution in [1.82, 2.24) is 0 Å². The summed E-state index contributed by atoms with van der Waals surface area (Å²) in [5.41, 5.74) is 0.305. The van der Waals surface area contributed by atoms with E-state index in [0.29, 0.717) is 17.9 Å². The molecule has 1 heterocycles. The van der Waals surface area contributed by atoms with Crippen LogP contribution in [0.25, 0.3) is 0 Å². The van der Waals surface area contributed by atoms with Crippen LogP contribution in [0, 0.1) is 11.3 Å². The van der Waals surface area contributed by atoms with Gasteiger partial charge in [0.15, 0.2) is 0 Å². The number of ether oxygens (including phenoxy) is 1. The quantitative estimate of drug-likeness (QED) is 0.625. The molecule has 0 bridgehead atoms. The average molecular weight is 158 g/mol. The standard InChI is InChI=1S/C9H18O2/c1-9(2,3)4-7-5-11-6-8(7)10/h7-8,10H,4-6H2,1-3H3. The first-order valence-corrected chi connectivity index (χ1v) is 4.25. The second kappa shape index (κ2) is 3.11. The highest BCUT2D eigenvalue weighted by Crippen LogP contribution is 2.29. The number of aliphatic hydroxyl groups is 1. The van der Waals surface area contributed by atoms with Gasteiger partial charge in [0.25, 0.3) is 0 Å². The van der Waals surface area contributed by atoms with Gasteiger partial charge in [-0.25, -0.2) is 0 Å². The van der Waals surface area contributed by atoms with Crippen molar-refractivity contribution < 1.29 is 9.84 Å². The van der Waals surface area contributed by atoms with Gasteiger partial charge in [-0.2, -0.15) is 0 Å². The molecule has 1 fully saturated rings. The Hall–Kier alpha value is -0.0800. The van der Waals surface area contributed by atoms with Gasteiger partial charge in [0.2, 0.25) is 0 Å². The second-order valence-corrected chi connectivity index (χ2v) is 4.63. The van der Waals surface area contributed by atoms with Gasteiger partial charge in [-0.15, -0.1) is 0 Å². The fraction of sp³-hybridized carbons (Fsp3) is 1.00. The first-order chi connectivity index (χ1) is 4.99. The van der Waals surface area contributed by atoms with E-state index >= 15 is 0 Å². The largest absolute Gasteiger partial charge is 0.390 e. The topological polar surface area (TPSA) is 29.5 Å². The lowest BCUT2D eigenvalue weighted by Crippen LogP contribution is -2.23. The molecule has 1 saturated heterocycles. The summed E-state index contributed by atoms with van der Waals surface area (Å²) < 4.78 is 5.17. The van der Waals surface area contributed by atoms with Crippen LogP contribution in [0.5, 0.6) is 0 Å². The van der Waals surface area contributed by atoms with Crippen molar-refractivity contribution in [3.05, 3.63) is 0 Å². The fourth-order valence-corrected chi connectivity index (χ4v) is 1.57. The monoisotopic (exact) mass is 158 g/mol. The molecule has 1 rings (SSSR count). The molecule has 2 heteroatoms. The average Bonchev–Trinajstić information content (AvgIpc) is 2.12. The summed E-state index contributed by atoms with van der Waals surface area (Å²) >= 11 is 0. The van der Waals surface area contributed by atoms with E-state index < -0.39 is 0 Å². The SMILES string of the molecule is CC(C)(C)CC1COCC1O. The predicted octanol–water partition coefficient (Wildman–Crippen LogP) is 1.43. The molecule has 0 amide bonds. The molecule has 2 unspecified atom stereocenters. The molecule has 0 radical (unpaired) electrons. The van der Waals surface area contributed by atoms with Crippen LogP contribution in [0.4, 0.5) is 0 Å². The van der Waals surface area contributed by atoms with Crippen LogP contribution in [0.15, 0.2) is 0 Å². The lowest BCUT2D eigenvalue weighted by molar-refractivity contribution is 0.108. The van der Waals surface area contributed by atoms with E-state index in [4.69, 9.17) is 4.74 Å². The van der Waals surface area contributed by atoms with Gasteiger partial charge < -0.3 is 9.84 Å². The molecule has 2 nitrogen and oxygen atoms in total. The Morgan fingerprint density at radius 2 is 2.00 bits per heavy atom. The molecule has 0 aromatic heterocycles. The Morgan fingerprint density at radius 3 is 2.36 bits per heavy atom. The van der Waals surface area contributed by atoms with Gasteiger partial charge in [0, 0.05) is 5.92 Å². The lowest BCUT2D eigenvalue weighted by atomic mass is 9.83. The zero-order valence-electron chi connectivity index (χ0n) is 7.63. The Labute approximate surface area is 68.6 Å². The van der Waals surface area contributed by atoms with Crippen molar-refractivity contribution in [2.75, 3.05) is 13.2 Å². The Kier molecular flexibility index (Phi) is 2.55. The number of aliphatic hydroxyl groups excluding tert-OH is 1. The Balaban J connectivity index is 2.37. The van der Waals surface area contributed by atoms with Crippen LogP contribution in [-0.4, -0.2) is 24.4 Å². The van der Waals surface area contributed by atoms with Crippen LogP contribution in [0.2, 0.25) is 0 Å². The predicted molar refractivity (Wildman–Crippen MR) is 44.4 cm³/mol. The van der Waals surface area contributed by atoms with E-state index in [2.05, 4.69) is 20.8 Å². The van der Waals surface area contributed by atoms with Crippen molar-refractivity contribution in [2.24, 2.45) is 11.3 Å². The summed E-state index contributed by atoms with van der Waals surface area (Å²) in [6, 6.07) is 0. The van der Waals surface area contributed by atoms with E-state index in [1.165, 1.54) is 0 Å². The van der Waals surface area contributed by atoms with E-state index in [9.17, 15) is 5.11 Å². The van der Waals surface area contributed by atoms with Crippen molar-refractivity contribution >= 4 is 0 Å². The Bertz CT molecular complexity index is 126. The molecule has 66 valence electrons. The molecule has 0 spiro atoms. The molecule has 0 aromatic rings. The van der Waals surface area contributed by atoms with Crippen molar-refractivity contribution in [3.8, 4) is 0 Å². The molecule has 0 saturated carbocycles. The van der Waals surface area contributed by atoms with Crippen LogP contribution >= 0.6 is 0 Å². The van der Waals surface area contributed by atoms with Gasteiger partial charge in [0.05, 0.1) is 19.3 Å². The summed E-state index contributed by atoms with van der Waals surface area (Å²) in [5, 5.41) is 9.43. The molecule has 1 N–H and O–H groups in total. The molecule has 1 aliphatic rings. The summed E-state index contributed by atoms with van der Waals surface area (Å²) in [4.78, 5) is 0. The molecule has 1 aliphatic heterocycles. The number of hydrogen-bond donors (Lipinski definition) is 1. The van der Waals surface area contributed by atoms with E-state index in [1.807, 2.05) is 0 Å². The smallest absolute Gasteiger partial charge is 0.0823 e. The lowest BCUT2D eigenvalue weighted by Gasteiger charge is -2.23.